The Hall–Kier alpha value is -1.97. The summed E-state index contributed by atoms with van der Waals surface area (Å²) in [7, 11) is 0. The molecule has 0 atom stereocenters. The van der Waals surface area contributed by atoms with E-state index >= 15 is 0 Å². The van der Waals surface area contributed by atoms with Gasteiger partial charge in [-0.3, -0.25) is 0 Å². The van der Waals surface area contributed by atoms with Crippen LogP contribution in [-0.2, 0) is 0 Å². The maximum absolute atomic E-state index is 5.35. The number of rotatable bonds is 2. The third-order valence-electron chi connectivity index (χ3n) is 1.62. The highest BCUT2D eigenvalue weighted by Crippen LogP contribution is 2.14. The van der Waals surface area contributed by atoms with Crippen molar-refractivity contribution in [1.82, 2.24) is 15.2 Å². The zero-order chi connectivity index (χ0) is 9.80. The molecule has 2 aromatic heterocycles. The third kappa shape index (κ3) is 2.04. The van der Waals surface area contributed by atoms with Crippen LogP contribution in [-0.4, -0.2) is 15.2 Å². The fourth-order valence-electron chi connectivity index (χ4n) is 0.956. The van der Waals surface area contributed by atoms with E-state index in [9.17, 15) is 0 Å². The Kier molecular flexibility index (Phi) is 2.36. The molecule has 0 amide bonds. The second kappa shape index (κ2) is 3.83. The van der Waals surface area contributed by atoms with Gasteiger partial charge in [0.25, 0.3) is 0 Å². The van der Waals surface area contributed by atoms with Gasteiger partial charge in [0.05, 0.1) is 5.69 Å². The highest BCUT2D eigenvalue weighted by atomic mass is 16.5. The van der Waals surface area contributed by atoms with Gasteiger partial charge in [-0.25, -0.2) is 4.98 Å². The summed E-state index contributed by atoms with van der Waals surface area (Å²) in [5, 5.41) is 7.73. The first-order valence-electron chi connectivity index (χ1n) is 4.24. The maximum Gasteiger partial charge on any atom is 0.240 e. The summed E-state index contributed by atoms with van der Waals surface area (Å²) in [6, 6.07) is 9.04. The molecular formula is C10H9N3O. The van der Waals surface area contributed by atoms with Crippen LogP contribution in [0.4, 0.5) is 0 Å². The van der Waals surface area contributed by atoms with Gasteiger partial charge in [0, 0.05) is 18.3 Å². The molecule has 2 heterocycles. The first-order chi connectivity index (χ1) is 6.84. The molecule has 0 aliphatic rings. The smallest absolute Gasteiger partial charge is 0.240 e. The molecule has 2 aromatic rings. The SMILES string of the molecule is Cc1ccc(Oc2ccccn2)nn1. The summed E-state index contributed by atoms with van der Waals surface area (Å²) in [6.07, 6.45) is 1.66. The van der Waals surface area contributed by atoms with Crippen molar-refractivity contribution in [2.75, 3.05) is 0 Å². The fraction of sp³-hybridized carbons (Fsp3) is 0.100. The van der Waals surface area contributed by atoms with E-state index < -0.39 is 0 Å². The summed E-state index contributed by atoms with van der Waals surface area (Å²) in [5.41, 5.74) is 0.860. The minimum absolute atomic E-state index is 0.453. The van der Waals surface area contributed by atoms with E-state index in [4.69, 9.17) is 4.74 Å². The lowest BCUT2D eigenvalue weighted by Crippen LogP contribution is -1.92. The molecule has 0 saturated carbocycles. The van der Waals surface area contributed by atoms with Crippen LogP contribution in [0.1, 0.15) is 5.69 Å². The lowest BCUT2D eigenvalue weighted by atomic mass is 10.4. The number of hydrogen-bond acceptors (Lipinski definition) is 4. The van der Waals surface area contributed by atoms with Gasteiger partial charge >= 0.3 is 0 Å². The van der Waals surface area contributed by atoms with Gasteiger partial charge < -0.3 is 4.74 Å². The van der Waals surface area contributed by atoms with Gasteiger partial charge in [0.2, 0.25) is 11.8 Å². The van der Waals surface area contributed by atoms with Gasteiger partial charge in [0.1, 0.15) is 0 Å². The predicted molar refractivity (Wildman–Crippen MR) is 51.1 cm³/mol. The van der Waals surface area contributed by atoms with Crippen LogP contribution in [0, 0.1) is 6.92 Å². The van der Waals surface area contributed by atoms with Crippen LogP contribution in [0.25, 0.3) is 0 Å². The average Bonchev–Trinajstić information content (AvgIpc) is 2.23. The van der Waals surface area contributed by atoms with Crippen molar-refractivity contribution in [2.45, 2.75) is 6.92 Å². The van der Waals surface area contributed by atoms with E-state index in [-0.39, 0.29) is 0 Å². The molecule has 4 nitrogen and oxygen atoms in total. The molecule has 70 valence electrons. The number of hydrogen-bond donors (Lipinski definition) is 0. The van der Waals surface area contributed by atoms with E-state index in [1.807, 2.05) is 25.1 Å². The molecule has 0 aliphatic heterocycles. The molecule has 0 N–H and O–H groups in total. The number of ether oxygens (including phenoxy) is 1. The standard InChI is InChI=1S/C10H9N3O/c1-8-5-6-10(13-12-8)14-9-4-2-3-7-11-9/h2-7H,1H3. The molecule has 0 bridgehead atoms. The Morgan fingerprint density at radius 3 is 2.57 bits per heavy atom. The summed E-state index contributed by atoms with van der Waals surface area (Å²) in [5.74, 6) is 0.972. The van der Waals surface area contributed by atoms with Crippen LogP contribution in [0.2, 0.25) is 0 Å². The van der Waals surface area contributed by atoms with Crippen molar-refractivity contribution in [1.29, 1.82) is 0 Å². The lowest BCUT2D eigenvalue weighted by Gasteiger charge is -2.01. The molecule has 0 aliphatic carbocycles. The molecule has 0 saturated heterocycles. The number of pyridine rings is 1. The molecule has 0 spiro atoms. The lowest BCUT2D eigenvalue weighted by molar-refractivity contribution is 0.437. The van der Waals surface area contributed by atoms with Crippen molar-refractivity contribution >= 4 is 0 Å². The fourth-order valence-corrected chi connectivity index (χ4v) is 0.956. The molecule has 14 heavy (non-hydrogen) atoms. The molecule has 0 radical (unpaired) electrons. The van der Waals surface area contributed by atoms with Crippen molar-refractivity contribution in [3.63, 3.8) is 0 Å². The number of aryl methyl sites for hydroxylation is 1. The topological polar surface area (TPSA) is 47.9 Å². The van der Waals surface area contributed by atoms with Crippen molar-refractivity contribution in [3.05, 3.63) is 42.2 Å². The number of aromatic nitrogens is 3. The average molecular weight is 187 g/mol. The maximum atomic E-state index is 5.35. The van der Waals surface area contributed by atoms with Crippen LogP contribution >= 0.6 is 0 Å². The Morgan fingerprint density at radius 2 is 1.93 bits per heavy atom. The zero-order valence-corrected chi connectivity index (χ0v) is 7.71. The van der Waals surface area contributed by atoms with E-state index in [0.717, 1.165) is 5.69 Å². The Labute approximate surface area is 81.6 Å². The monoisotopic (exact) mass is 187 g/mol. The largest absolute Gasteiger partial charge is 0.419 e. The van der Waals surface area contributed by atoms with Crippen molar-refractivity contribution in [3.8, 4) is 11.8 Å². The van der Waals surface area contributed by atoms with Gasteiger partial charge in [-0.2, -0.15) is 5.10 Å². The van der Waals surface area contributed by atoms with E-state index in [0.29, 0.717) is 11.8 Å². The minimum Gasteiger partial charge on any atom is -0.419 e. The molecule has 0 aromatic carbocycles. The highest BCUT2D eigenvalue weighted by molar-refractivity contribution is 5.18. The molecule has 0 fully saturated rings. The van der Waals surface area contributed by atoms with Crippen LogP contribution in [0.3, 0.4) is 0 Å². The van der Waals surface area contributed by atoms with Gasteiger partial charge in [0.15, 0.2) is 0 Å². The highest BCUT2D eigenvalue weighted by Gasteiger charge is 1.98. The minimum atomic E-state index is 0.453. The van der Waals surface area contributed by atoms with Gasteiger partial charge in [-0.05, 0) is 19.1 Å². The predicted octanol–water partition coefficient (Wildman–Crippen LogP) is 1.97. The van der Waals surface area contributed by atoms with E-state index in [2.05, 4.69) is 15.2 Å². The first kappa shape index (κ1) is 8.62. The summed E-state index contributed by atoms with van der Waals surface area (Å²) >= 11 is 0. The van der Waals surface area contributed by atoms with Gasteiger partial charge in [-0.1, -0.05) is 6.07 Å². The first-order valence-corrected chi connectivity index (χ1v) is 4.24. The van der Waals surface area contributed by atoms with Crippen molar-refractivity contribution in [2.24, 2.45) is 0 Å². The normalized spacial score (nSPS) is 9.79. The molecule has 4 heteroatoms. The second-order valence-corrected chi connectivity index (χ2v) is 2.78. The quantitative estimate of drug-likeness (QED) is 0.721. The van der Waals surface area contributed by atoms with Crippen LogP contribution in [0.5, 0.6) is 11.8 Å². The summed E-state index contributed by atoms with van der Waals surface area (Å²) in [4.78, 5) is 4.01. The molecular weight excluding hydrogens is 178 g/mol. The van der Waals surface area contributed by atoms with Crippen LogP contribution < -0.4 is 4.74 Å². The molecule has 0 unspecified atom stereocenters. The zero-order valence-electron chi connectivity index (χ0n) is 7.71. The second-order valence-electron chi connectivity index (χ2n) is 2.78. The summed E-state index contributed by atoms with van der Waals surface area (Å²) in [6.45, 7) is 1.87. The van der Waals surface area contributed by atoms with E-state index in [1.165, 1.54) is 0 Å². The Balaban J connectivity index is 2.16. The van der Waals surface area contributed by atoms with E-state index in [1.54, 1.807) is 18.3 Å². The van der Waals surface area contributed by atoms with Crippen molar-refractivity contribution < 1.29 is 4.74 Å². The number of nitrogens with zero attached hydrogens (tertiary/aromatic N) is 3. The Morgan fingerprint density at radius 1 is 1.00 bits per heavy atom. The molecule has 2 rings (SSSR count). The summed E-state index contributed by atoms with van der Waals surface area (Å²) < 4.78 is 5.35. The van der Waals surface area contributed by atoms with Crippen LogP contribution in [0.15, 0.2) is 36.5 Å². The van der Waals surface area contributed by atoms with Gasteiger partial charge in [-0.15, -0.1) is 5.10 Å². The third-order valence-corrected chi connectivity index (χ3v) is 1.62. The Bertz CT molecular complexity index is 399.